The molecule has 20 heavy (non-hydrogen) atoms. The molecule has 4 heteroatoms. The van der Waals surface area contributed by atoms with Crippen LogP contribution in [0.2, 0.25) is 0 Å². The zero-order chi connectivity index (χ0) is 13.9. The molecule has 0 radical (unpaired) electrons. The van der Waals surface area contributed by atoms with E-state index in [0.717, 1.165) is 17.2 Å². The van der Waals surface area contributed by atoms with Gasteiger partial charge in [0.2, 0.25) is 0 Å². The predicted octanol–water partition coefficient (Wildman–Crippen LogP) is 4.45. The van der Waals surface area contributed by atoms with Gasteiger partial charge in [-0.15, -0.1) is 0 Å². The fourth-order valence-electron chi connectivity index (χ4n) is 2.82. The Balaban J connectivity index is 2.09. The highest BCUT2D eigenvalue weighted by molar-refractivity contribution is 14.1. The summed E-state index contributed by atoms with van der Waals surface area (Å²) in [6, 6.07) is 10.2. The zero-order valence-electron chi connectivity index (χ0n) is 11.6. The van der Waals surface area contributed by atoms with Gasteiger partial charge in [-0.3, -0.25) is 0 Å². The summed E-state index contributed by atoms with van der Waals surface area (Å²) in [5, 5.41) is 3.21. The standard InChI is InChI=1S/C16H18IN3/c1-18-16-13(17)14(11-7-5-6-8-11)19-15(20-16)12-9-3-2-4-10-12/h2-4,9-11H,5-8H2,1H3,(H,18,19,20). The van der Waals surface area contributed by atoms with Gasteiger partial charge in [0.05, 0.1) is 9.26 Å². The van der Waals surface area contributed by atoms with Crippen molar-refractivity contribution >= 4 is 28.4 Å². The average molecular weight is 379 g/mol. The first-order chi connectivity index (χ1) is 9.79. The first-order valence-corrected chi connectivity index (χ1v) is 8.18. The van der Waals surface area contributed by atoms with Crippen LogP contribution in [0.3, 0.4) is 0 Å². The maximum atomic E-state index is 4.87. The highest BCUT2D eigenvalue weighted by atomic mass is 127. The van der Waals surface area contributed by atoms with Crippen LogP contribution in [0.25, 0.3) is 11.4 Å². The van der Waals surface area contributed by atoms with E-state index in [1.54, 1.807) is 0 Å². The van der Waals surface area contributed by atoms with Crippen molar-refractivity contribution in [3.63, 3.8) is 0 Å². The van der Waals surface area contributed by atoms with Crippen molar-refractivity contribution in [3.05, 3.63) is 39.6 Å². The zero-order valence-corrected chi connectivity index (χ0v) is 13.7. The highest BCUT2D eigenvalue weighted by Crippen LogP contribution is 2.37. The minimum absolute atomic E-state index is 0.597. The minimum Gasteiger partial charge on any atom is -0.372 e. The third kappa shape index (κ3) is 2.66. The topological polar surface area (TPSA) is 37.8 Å². The quantitative estimate of drug-likeness (QED) is 0.801. The second-order valence-corrected chi connectivity index (χ2v) is 6.27. The first-order valence-electron chi connectivity index (χ1n) is 7.10. The molecule has 3 nitrogen and oxygen atoms in total. The van der Waals surface area contributed by atoms with Crippen LogP contribution < -0.4 is 5.32 Å². The summed E-state index contributed by atoms with van der Waals surface area (Å²) in [6.45, 7) is 0. The summed E-state index contributed by atoms with van der Waals surface area (Å²) in [5.74, 6) is 2.37. The Morgan fingerprint density at radius 1 is 1.10 bits per heavy atom. The van der Waals surface area contributed by atoms with Crippen LogP contribution >= 0.6 is 22.6 Å². The number of anilines is 1. The van der Waals surface area contributed by atoms with Crippen LogP contribution in [0, 0.1) is 3.57 Å². The molecular formula is C16H18IN3. The van der Waals surface area contributed by atoms with Gasteiger partial charge in [-0.1, -0.05) is 43.2 Å². The molecule has 0 atom stereocenters. The Hall–Kier alpha value is -1.17. The van der Waals surface area contributed by atoms with Crippen molar-refractivity contribution in [1.29, 1.82) is 0 Å². The maximum absolute atomic E-state index is 4.87. The number of benzene rings is 1. The van der Waals surface area contributed by atoms with E-state index in [4.69, 9.17) is 4.98 Å². The molecule has 1 aromatic carbocycles. The van der Waals surface area contributed by atoms with Gasteiger partial charge < -0.3 is 5.32 Å². The van der Waals surface area contributed by atoms with Crippen molar-refractivity contribution in [2.75, 3.05) is 12.4 Å². The fraction of sp³-hybridized carbons (Fsp3) is 0.375. The summed E-state index contributed by atoms with van der Waals surface area (Å²) in [7, 11) is 1.93. The van der Waals surface area contributed by atoms with Gasteiger partial charge in [-0.05, 0) is 35.4 Å². The summed E-state index contributed by atoms with van der Waals surface area (Å²) in [6.07, 6.45) is 5.15. The summed E-state index contributed by atoms with van der Waals surface area (Å²) < 4.78 is 1.18. The lowest BCUT2D eigenvalue weighted by Gasteiger charge is -2.15. The minimum atomic E-state index is 0.597. The highest BCUT2D eigenvalue weighted by Gasteiger charge is 2.23. The van der Waals surface area contributed by atoms with E-state index in [1.807, 2.05) is 25.2 Å². The molecule has 1 saturated carbocycles. The molecule has 1 aliphatic carbocycles. The van der Waals surface area contributed by atoms with Gasteiger partial charge in [-0.25, -0.2) is 9.97 Å². The number of rotatable bonds is 3. The van der Waals surface area contributed by atoms with E-state index in [1.165, 1.54) is 34.9 Å². The second kappa shape index (κ2) is 6.08. The van der Waals surface area contributed by atoms with E-state index < -0.39 is 0 Å². The molecule has 0 aliphatic heterocycles. The van der Waals surface area contributed by atoms with Gasteiger partial charge in [0.1, 0.15) is 5.82 Å². The number of halogens is 1. The number of hydrogen-bond donors (Lipinski definition) is 1. The summed E-state index contributed by atoms with van der Waals surface area (Å²) in [5.41, 5.74) is 2.31. The third-order valence-corrected chi connectivity index (χ3v) is 4.95. The molecule has 0 unspecified atom stereocenters. The smallest absolute Gasteiger partial charge is 0.161 e. The van der Waals surface area contributed by atoms with Crippen molar-refractivity contribution in [1.82, 2.24) is 9.97 Å². The lowest BCUT2D eigenvalue weighted by molar-refractivity contribution is 0.691. The van der Waals surface area contributed by atoms with E-state index in [2.05, 4.69) is 45.0 Å². The van der Waals surface area contributed by atoms with Crippen LogP contribution in [-0.2, 0) is 0 Å². The van der Waals surface area contributed by atoms with Gasteiger partial charge in [0.25, 0.3) is 0 Å². The maximum Gasteiger partial charge on any atom is 0.161 e. The first kappa shape index (κ1) is 13.8. The monoisotopic (exact) mass is 379 g/mol. The van der Waals surface area contributed by atoms with Crippen LogP contribution in [0.1, 0.15) is 37.3 Å². The molecule has 0 saturated heterocycles. The van der Waals surface area contributed by atoms with E-state index in [0.29, 0.717) is 5.92 Å². The summed E-state index contributed by atoms with van der Waals surface area (Å²) >= 11 is 2.38. The molecule has 0 amide bonds. The average Bonchev–Trinajstić information content (AvgIpc) is 3.02. The molecule has 0 spiro atoms. The molecule has 1 N–H and O–H groups in total. The van der Waals surface area contributed by atoms with Crippen LogP contribution in [0.5, 0.6) is 0 Å². The lowest BCUT2D eigenvalue weighted by atomic mass is 10.0. The van der Waals surface area contributed by atoms with Gasteiger partial charge in [0, 0.05) is 18.5 Å². The normalized spacial score (nSPS) is 15.5. The molecule has 0 bridgehead atoms. The Kier molecular flexibility index (Phi) is 4.19. The van der Waals surface area contributed by atoms with Crippen molar-refractivity contribution in [3.8, 4) is 11.4 Å². The van der Waals surface area contributed by atoms with E-state index in [-0.39, 0.29) is 0 Å². The molecule has 1 heterocycles. The Labute approximate surface area is 133 Å². The van der Waals surface area contributed by atoms with Crippen molar-refractivity contribution in [2.24, 2.45) is 0 Å². The van der Waals surface area contributed by atoms with Crippen LogP contribution in [0.4, 0.5) is 5.82 Å². The van der Waals surface area contributed by atoms with Gasteiger partial charge >= 0.3 is 0 Å². The van der Waals surface area contributed by atoms with Crippen LogP contribution in [0.15, 0.2) is 30.3 Å². The second-order valence-electron chi connectivity index (χ2n) is 5.19. The molecular weight excluding hydrogens is 361 g/mol. The molecule has 104 valence electrons. The lowest BCUT2D eigenvalue weighted by Crippen LogP contribution is -2.08. The SMILES string of the molecule is CNc1nc(-c2ccccc2)nc(C2CCCC2)c1I. The van der Waals surface area contributed by atoms with Crippen molar-refractivity contribution in [2.45, 2.75) is 31.6 Å². The van der Waals surface area contributed by atoms with E-state index >= 15 is 0 Å². The molecule has 1 fully saturated rings. The molecule has 1 aromatic heterocycles. The largest absolute Gasteiger partial charge is 0.372 e. The molecule has 1 aliphatic rings. The van der Waals surface area contributed by atoms with Gasteiger partial charge in [-0.2, -0.15) is 0 Å². The number of nitrogens with one attached hydrogen (secondary N) is 1. The Morgan fingerprint density at radius 3 is 2.45 bits per heavy atom. The van der Waals surface area contributed by atoms with Crippen molar-refractivity contribution < 1.29 is 0 Å². The fourth-order valence-corrected chi connectivity index (χ4v) is 3.77. The van der Waals surface area contributed by atoms with Crippen LogP contribution in [-0.4, -0.2) is 17.0 Å². The van der Waals surface area contributed by atoms with E-state index in [9.17, 15) is 0 Å². The third-order valence-electron chi connectivity index (χ3n) is 3.89. The predicted molar refractivity (Wildman–Crippen MR) is 90.9 cm³/mol. The number of aromatic nitrogens is 2. The summed E-state index contributed by atoms with van der Waals surface area (Å²) in [4.78, 5) is 9.54. The Bertz CT molecular complexity index is 592. The molecule has 3 rings (SSSR count). The Morgan fingerprint density at radius 2 is 1.80 bits per heavy atom. The number of nitrogens with zero attached hydrogens (tertiary/aromatic N) is 2. The van der Waals surface area contributed by atoms with Gasteiger partial charge in [0.15, 0.2) is 5.82 Å². The molecule has 2 aromatic rings. The number of hydrogen-bond acceptors (Lipinski definition) is 3.